The van der Waals surface area contributed by atoms with Crippen molar-refractivity contribution >= 4 is 39.5 Å². The van der Waals surface area contributed by atoms with Gasteiger partial charge in [-0.15, -0.1) is 0 Å². The fourth-order valence-electron chi connectivity index (χ4n) is 13.0. The van der Waals surface area contributed by atoms with Crippen LogP contribution >= 0.6 is 15.6 Å². The molecule has 5 atom stereocenters. The molecule has 0 heterocycles. The largest absolute Gasteiger partial charge is 0.472 e. The lowest BCUT2D eigenvalue weighted by molar-refractivity contribution is -0.161. The molecule has 0 aromatic heterocycles. The average molecular weight is 1490 g/mol. The standard InChI is InChI=1S/C83H162O17P2/c1-5-9-13-17-21-25-28-31-33-35-37-39-41-43-46-48-52-56-60-64-68-81(86)94-74-79(100-83(88)70-66-62-58-54-50-47-44-42-40-38-36-34-32-29-26-22-18-14-10-6-2)76-98-102(91,92)96-72-77(84)71-95-101(89,90)97-75-78(73-93-80(85)67-63-59-55-51-24-20-16-12-8-4)99-82(87)69-65-61-57-53-49-45-30-27-23-19-15-11-7-3/h77-79,84H,5-76H2,1-4H3,(H,89,90)(H,91,92)/t77-,78+,79+/m0/s1. The number of carbonyl (C=O) groups is 4. The molecule has 606 valence electrons. The Balaban J connectivity index is 5.19. The summed E-state index contributed by atoms with van der Waals surface area (Å²) < 4.78 is 68.7. The van der Waals surface area contributed by atoms with Gasteiger partial charge in [0.15, 0.2) is 12.2 Å². The summed E-state index contributed by atoms with van der Waals surface area (Å²) in [4.78, 5) is 73.0. The maximum absolute atomic E-state index is 13.1. The van der Waals surface area contributed by atoms with Crippen molar-refractivity contribution in [3.05, 3.63) is 0 Å². The van der Waals surface area contributed by atoms with E-state index in [2.05, 4.69) is 27.7 Å². The molecule has 0 aliphatic carbocycles. The van der Waals surface area contributed by atoms with E-state index in [1.165, 1.54) is 283 Å². The second-order valence-corrected chi connectivity index (χ2v) is 32.8. The Kier molecular flexibility index (Phi) is 75.8. The summed E-state index contributed by atoms with van der Waals surface area (Å²) in [5, 5.41) is 10.6. The maximum atomic E-state index is 13.1. The highest BCUT2D eigenvalue weighted by Gasteiger charge is 2.30. The van der Waals surface area contributed by atoms with Crippen LogP contribution < -0.4 is 0 Å². The topological polar surface area (TPSA) is 237 Å². The van der Waals surface area contributed by atoms with Crippen LogP contribution in [0.4, 0.5) is 0 Å². The number of aliphatic hydroxyl groups excluding tert-OH is 1. The van der Waals surface area contributed by atoms with E-state index in [0.717, 1.165) is 89.9 Å². The third kappa shape index (κ3) is 76.3. The smallest absolute Gasteiger partial charge is 0.462 e. The number of phosphoric acid groups is 2. The number of rotatable bonds is 84. The van der Waals surface area contributed by atoms with Crippen LogP contribution in [0.25, 0.3) is 0 Å². The van der Waals surface area contributed by atoms with Gasteiger partial charge in [0.25, 0.3) is 0 Å². The highest BCUT2D eigenvalue weighted by Crippen LogP contribution is 2.45. The van der Waals surface area contributed by atoms with Crippen molar-refractivity contribution in [3.63, 3.8) is 0 Å². The second-order valence-electron chi connectivity index (χ2n) is 29.9. The quantitative estimate of drug-likeness (QED) is 0.0222. The number of aliphatic hydroxyl groups is 1. The fraction of sp³-hybridized carbons (Fsp3) is 0.952. The molecule has 102 heavy (non-hydrogen) atoms. The molecule has 0 aromatic rings. The van der Waals surface area contributed by atoms with Gasteiger partial charge in [-0.1, -0.05) is 400 Å². The van der Waals surface area contributed by atoms with E-state index >= 15 is 0 Å². The Labute approximate surface area is 626 Å². The lowest BCUT2D eigenvalue weighted by Crippen LogP contribution is -2.30. The molecule has 0 radical (unpaired) electrons. The molecular weight excluding hydrogens is 1330 g/mol. The van der Waals surface area contributed by atoms with E-state index in [9.17, 15) is 43.2 Å². The Morgan fingerprint density at radius 3 is 0.578 bits per heavy atom. The lowest BCUT2D eigenvalue weighted by Gasteiger charge is -2.21. The first-order valence-electron chi connectivity index (χ1n) is 43.3. The Bertz CT molecular complexity index is 1930. The number of unbranched alkanes of at least 4 members (excludes halogenated alkanes) is 58. The van der Waals surface area contributed by atoms with Gasteiger partial charge in [-0.2, -0.15) is 0 Å². The van der Waals surface area contributed by atoms with Crippen molar-refractivity contribution in [1.29, 1.82) is 0 Å². The molecule has 0 fully saturated rings. The predicted octanol–water partition coefficient (Wildman–Crippen LogP) is 25.4. The van der Waals surface area contributed by atoms with E-state index in [1.807, 2.05) is 0 Å². The number of hydrogen-bond acceptors (Lipinski definition) is 15. The highest BCUT2D eigenvalue weighted by atomic mass is 31.2. The number of esters is 4. The molecule has 0 saturated carbocycles. The number of ether oxygens (including phenoxy) is 4. The molecule has 0 rings (SSSR count). The summed E-state index contributed by atoms with van der Waals surface area (Å²) in [7, 11) is -9.92. The molecule has 0 aliphatic heterocycles. The minimum atomic E-state index is -4.96. The summed E-state index contributed by atoms with van der Waals surface area (Å²) in [5.74, 6) is -2.10. The zero-order valence-corrected chi connectivity index (χ0v) is 68.4. The van der Waals surface area contributed by atoms with Crippen LogP contribution in [0.2, 0.25) is 0 Å². The van der Waals surface area contributed by atoms with Crippen LogP contribution in [0.3, 0.4) is 0 Å². The van der Waals surface area contributed by atoms with Gasteiger partial charge >= 0.3 is 39.5 Å². The SMILES string of the molecule is CCCCCCCCCCCCCCCCCCCCCCC(=O)OC[C@H](COP(=O)(O)OC[C@@H](O)COP(=O)(O)OC[C@@H](COC(=O)CCCCCCCCCCC)OC(=O)CCCCCCCCCCCCCCC)OC(=O)CCCCCCCCCCCCCCCCCCCCCC. The molecule has 0 saturated heterocycles. The first-order valence-corrected chi connectivity index (χ1v) is 46.3. The van der Waals surface area contributed by atoms with Crippen LogP contribution in [0.5, 0.6) is 0 Å². The van der Waals surface area contributed by atoms with Gasteiger partial charge in [-0.3, -0.25) is 37.3 Å². The average Bonchev–Trinajstić information content (AvgIpc) is 0.920. The van der Waals surface area contributed by atoms with E-state index in [-0.39, 0.29) is 25.7 Å². The minimum Gasteiger partial charge on any atom is -0.462 e. The molecule has 0 aliphatic rings. The minimum absolute atomic E-state index is 0.108. The molecule has 17 nitrogen and oxygen atoms in total. The molecule has 3 N–H and O–H groups in total. The molecule has 2 unspecified atom stereocenters. The molecule has 0 spiro atoms. The van der Waals surface area contributed by atoms with Crippen molar-refractivity contribution in [2.75, 3.05) is 39.6 Å². The van der Waals surface area contributed by atoms with Crippen molar-refractivity contribution in [2.45, 2.75) is 470 Å². The van der Waals surface area contributed by atoms with Gasteiger partial charge in [0.2, 0.25) is 0 Å². The van der Waals surface area contributed by atoms with Gasteiger partial charge in [-0.25, -0.2) is 9.13 Å². The van der Waals surface area contributed by atoms with Crippen molar-refractivity contribution in [3.8, 4) is 0 Å². The Morgan fingerprint density at radius 1 is 0.235 bits per heavy atom. The van der Waals surface area contributed by atoms with Crippen LogP contribution in [0.15, 0.2) is 0 Å². The Hall–Kier alpha value is -1.94. The fourth-order valence-corrected chi connectivity index (χ4v) is 14.6. The summed E-state index contributed by atoms with van der Waals surface area (Å²) in [6, 6.07) is 0. The molecule has 0 aromatic carbocycles. The van der Waals surface area contributed by atoms with Crippen molar-refractivity contribution < 1.29 is 80.2 Å². The summed E-state index contributed by atoms with van der Waals surface area (Å²) in [6.07, 6.45) is 70.9. The van der Waals surface area contributed by atoms with Crippen LogP contribution in [0, 0.1) is 0 Å². The zero-order chi connectivity index (χ0) is 74.6. The van der Waals surface area contributed by atoms with E-state index in [0.29, 0.717) is 25.7 Å². The van der Waals surface area contributed by atoms with Gasteiger partial charge < -0.3 is 33.8 Å². The number of hydrogen-bond donors (Lipinski definition) is 3. The second kappa shape index (κ2) is 77.2. The first-order chi connectivity index (χ1) is 49.7. The van der Waals surface area contributed by atoms with E-state index < -0.39 is 97.5 Å². The van der Waals surface area contributed by atoms with Gasteiger partial charge in [0, 0.05) is 25.7 Å². The lowest BCUT2D eigenvalue weighted by atomic mass is 10.0. The van der Waals surface area contributed by atoms with Gasteiger partial charge in [0.05, 0.1) is 26.4 Å². The molecule has 0 amide bonds. The summed E-state index contributed by atoms with van der Waals surface area (Å²) in [5.41, 5.74) is 0. The van der Waals surface area contributed by atoms with Crippen molar-refractivity contribution in [2.24, 2.45) is 0 Å². The predicted molar refractivity (Wildman–Crippen MR) is 419 cm³/mol. The zero-order valence-electron chi connectivity index (χ0n) is 66.6. The third-order valence-electron chi connectivity index (χ3n) is 19.6. The van der Waals surface area contributed by atoms with Crippen molar-refractivity contribution in [1.82, 2.24) is 0 Å². The third-order valence-corrected chi connectivity index (χ3v) is 21.5. The number of phosphoric ester groups is 2. The monoisotopic (exact) mass is 1490 g/mol. The van der Waals surface area contributed by atoms with Crippen LogP contribution in [0.1, 0.15) is 451 Å². The number of carbonyl (C=O) groups excluding carboxylic acids is 4. The van der Waals surface area contributed by atoms with E-state index in [1.54, 1.807) is 0 Å². The van der Waals surface area contributed by atoms with Gasteiger partial charge in [0.1, 0.15) is 19.3 Å². The van der Waals surface area contributed by atoms with Crippen LogP contribution in [-0.4, -0.2) is 96.7 Å². The highest BCUT2D eigenvalue weighted by molar-refractivity contribution is 7.47. The summed E-state index contributed by atoms with van der Waals surface area (Å²) >= 11 is 0. The molecule has 19 heteroatoms. The maximum Gasteiger partial charge on any atom is 0.472 e. The van der Waals surface area contributed by atoms with E-state index in [4.69, 9.17) is 37.0 Å². The molecular formula is C83H162O17P2. The Morgan fingerprint density at radius 2 is 0.392 bits per heavy atom. The van der Waals surface area contributed by atoms with Crippen LogP contribution in [-0.2, 0) is 65.4 Å². The first kappa shape index (κ1) is 100. The molecule has 0 bridgehead atoms. The normalized spacial score (nSPS) is 13.8. The van der Waals surface area contributed by atoms with Gasteiger partial charge in [-0.05, 0) is 25.7 Å². The summed E-state index contributed by atoms with van der Waals surface area (Å²) in [6.45, 7) is 5.02.